The second-order valence-corrected chi connectivity index (χ2v) is 10.1. The van der Waals surface area contributed by atoms with Gasteiger partial charge in [0.15, 0.2) is 0 Å². The van der Waals surface area contributed by atoms with Crippen LogP contribution in [0.5, 0.6) is 0 Å². The minimum Gasteiger partial charge on any atom is -0.353 e. The molecule has 1 N–H and O–H groups in total. The minimum absolute atomic E-state index is 0.116. The van der Waals surface area contributed by atoms with Crippen molar-refractivity contribution >= 4 is 22.9 Å². The van der Waals surface area contributed by atoms with Gasteiger partial charge in [-0.2, -0.15) is 0 Å². The second-order valence-electron chi connectivity index (χ2n) is 10.1. The molecule has 0 bridgehead atoms. The van der Waals surface area contributed by atoms with Crippen molar-refractivity contribution in [3.8, 4) is 0 Å². The molecule has 2 aliphatic rings. The lowest BCUT2D eigenvalue weighted by molar-refractivity contribution is -0.126. The standard InChI is InChI=1S/C28H36N4O/c1-20-11-13-22(14-12-20)19-32-26-10-6-5-9-25(26)30-28(32)31-17-15-23(16-18-31)27(33)29-24-8-4-3-7-21(24)2/h5-6,9-14,21,23-24H,3-4,7-8,15-19H2,1-2H3,(H,29,33)/t21-,24+/m1/s1. The van der Waals surface area contributed by atoms with Crippen molar-refractivity contribution in [2.75, 3.05) is 18.0 Å². The van der Waals surface area contributed by atoms with Crippen molar-refractivity contribution in [3.05, 3.63) is 59.7 Å². The maximum atomic E-state index is 13.0. The fourth-order valence-electron chi connectivity index (χ4n) is 5.51. The smallest absolute Gasteiger partial charge is 0.223 e. The molecule has 5 heteroatoms. The lowest BCUT2D eigenvalue weighted by Gasteiger charge is -2.35. The summed E-state index contributed by atoms with van der Waals surface area (Å²) in [5.41, 5.74) is 4.75. The summed E-state index contributed by atoms with van der Waals surface area (Å²) in [5, 5.41) is 3.38. The van der Waals surface area contributed by atoms with Gasteiger partial charge in [0.25, 0.3) is 0 Å². The van der Waals surface area contributed by atoms with E-state index in [2.05, 4.69) is 77.2 Å². The zero-order chi connectivity index (χ0) is 22.8. The van der Waals surface area contributed by atoms with E-state index in [0.29, 0.717) is 12.0 Å². The number of carbonyl (C=O) groups excluding carboxylic acids is 1. The predicted molar refractivity (Wildman–Crippen MR) is 135 cm³/mol. The van der Waals surface area contributed by atoms with E-state index in [1.54, 1.807) is 0 Å². The highest BCUT2D eigenvalue weighted by molar-refractivity contribution is 5.80. The highest BCUT2D eigenvalue weighted by atomic mass is 16.2. The molecule has 1 saturated heterocycles. The quantitative estimate of drug-likeness (QED) is 0.581. The Labute approximate surface area is 197 Å². The summed E-state index contributed by atoms with van der Waals surface area (Å²) in [4.78, 5) is 20.4. The third kappa shape index (κ3) is 4.78. The first-order valence-electron chi connectivity index (χ1n) is 12.6. The number of aryl methyl sites for hydroxylation is 1. The van der Waals surface area contributed by atoms with E-state index in [0.717, 1.165) is 50.4 Å². The Morgan fingerprint density at radius 2 is 1.73 bits per heavy atom. The Morgan fingerprint density at radius 1 is 1.00 bits per heavy atom. The summed E-state index contributed by atoms with van der Waals surface area (Å²) in [6.45, 7) is 6.95. The number of aromatic nitrogens is 2. The maximum absolute atomic E-state index is 13.0. The van der Waals surface area contributed by atoms with Gasteiger partial charge in [-0.25, -0.2) is 4.98 Å². The van der Waals surface area contributed by atoms with Gasteiger partial charge in [0.1, 0.15) is 0 Å². The topological polar surface area (TPSA) is 50.2 Å². The van der Waals surface area contributed by atoms with Crippen LogP contribution in [0.2, 0.25) is 0 Å². The lowest BCUT2D eigenvalue weighted by atomic mass is 9.85. The first-order valence-corrected chi connectivity index (χ1v) is 12.6. The van der Waals surface area contributed by atoms with E-state index in [1.807, 2.05) is 0 Å². The molecule has 5 rings (SSSR count). The van der Waals surface area contributed by atoms with Crippen molar-refractivity contribution < 1.29 is 4.79 Å². The monoisotopic (exact) mass is 444 g/mol. The van der Waals surface area contributed by atoms with Gasteiger partial charge in [-0.15, -0.1) is 0 Å². The molecule has 1 aliphatic heterocycles. The lowest BCUT2D eigenvalue weighted by Crippen LogP contribution is -2.47. The normalized spacial score (nSPS) is 21.9. The van der Waals surface area contributed by atoms with Crippen molar-refractivity contribution in [1.82, 2.24) is 14.9 Å². The van der Waals surface area contributed by atoms with Gasteiger partial charge in [0.05, 0.1) is 17.6 Å². The van der Waals surface area contributed by atoms with Gasteiger partial charge in [-0.3, -0.25) is 4.79 Å². The molecular formula is C28H36N4O. The first-order chi connectivity index (χ1) is 16.1. The summed E-state index contributed by atoms with van der Waals surface area (Å²) in [5.74, 6) is 2.01. The van der Waals surface area contributed by atoms with Gasteiger partial charge in [-0.1, -0.05) is 61.7 Å². The number of hydrogen-bond donors (Lipinski definition) is 1. The number of hydrogen-bond acceptors (Lipinski definition) is 3. The summed E-state index contributed by atoms with van der Waals surface area (Å²) in [6, 6.07) is 17.5. The first kappa shape index (κ1) is 22.0. The molecule has 0 spiro atoms. The summed E-state index contributed by atoms with van der Waals surface area (Å²) in [7, 11) is 0. The molecule has 1 amide bonds. The Kier molecular flexibility index (Phi) is 6.39. The van der Waals surface area contributed by atoms with Crippen molar-refractivity contribution in [2.24, 2.45) is 11.8 Å². The van der Waals surface area contributed by atoms with Crippen LogP contribution in [0.25, 0.3) is 11.0 Å². The molecule has 2 heterocycles. The highest BCUT2D eigenvalue weighted by Crippen LogP contribution is 2.29. The summed E-state index contributed by atoms with van der Waals surface area (Å²) < 4.78 is 2.34. The Balaban J connectivity index is 1.30. The SMILES string of the molecule is Cc1ccc(Cn2c(N3CCC(C(=O)N[C@H]4CCCC[C@H]4C)CC3)nc3ccccc32)cc1. The van der Waals surface area contributed by atoms with E-state index in [4.69, 9.17) is 4.98 Å². The maximum Gasteiger partial charge on any atom is 0.223 e. The fraction of sp³-hybridized carbons (Fsp3) is 0.500. The number of nitrogens with one attached hydrogen (secondary N) is 1. The van der Waals surface area contributed by atoms with Crippen LogP contribution in [0.4, 0.5) is 5.95 Å². The number of nitrogens with zero attached hydrogens (tertiary/aromatic N) is 3. The van der Waals surface area contributed by atoms with Crippen LogP contribution in [0.1, 0.15) is 56.6 Å². The Hall–Kier alpha value is -2.82. The molecule has 174 valence electrons. The molecule has 1 saturated carbocycles. The molecule has 2 fully saturated rings. The van der Waals surface area contributed by atoms with Gasteiger partial charge in [0, 0.05) is 25.0 Å². The van der Waals surface area contributed by atoms with Gasteiger partial charge in [0.2, 0.25) is 11.9 Å². The van der Waals surface area contributed by atoms with E-state index in [1.165, 1.54) is 35.9 Å². The third-order valence-corrected chi connectivity index (χ3v) is 7.68. The molecule has 33 heavy (non-hydrogen) atoms. The number of anilines is 1. The average molecular weight is 445 g/mol. The third-order valence-electron chi connectivity index (χ3n) is 7.68. The molecule has 1 aliphatic carbocycles. The number of amides is 1. The van der Waals surface area contributed by atoms with Gasteiger partial charge in [-0.05, 0) is 56.2 Å². The number of fused-ring (bicyclic) bond motifs is 1. The van der Waals surface area contributed by atoms with Crippen LogP contribution in [0.3, 0.4) is 0 Å². The van der Waals surface area contributed by atoms with Gasteiger partial charge < -0.3 is 14.8 Å². The van der Waals surface area contributed by atoms with Crippen LogP contribution < -0.4 is 10.2 Å². The van der Waals surface area contributed by atoms with Crippen LogP contribution in [0, 0.1) is 18.8 Å². The number of carbonyl (C=O) groups is 1. The second kappa shape index (κ2) is 9.58. The molecule has 0 radical (unpaired) electrons. The Morgan fingerprint density at radius 3 is 2.48 bits per heavy atom. The number of para-hydroxylation sites is 2. The molecule has 3 aromatic rings. The van der Waals surface area contributed by atoms with Gasteiger partial charge >= 0.3 is 0 Å². The van der Waals surface area contributed by atoms with Crippen LogP contribution >= 0.6 is 0 Å². The average Bonchev–Trinajstić information content (AvgIpc) is 3.20. The molecule has 0 unspecified atom stereocenters. The molecule has 5 nitrogen and oxygen atoms in total. The highest BCUT2D eigenvalue weighted by Gasteiger charge is 2.30. The van der Waals surface area contributed by atoms with E-state index < -0.39 is 0 Å². The van der Waals surface area contributed by atoms with Crippen LogP contribution in [-0.2, 0) is 11.3 Å². The molecule has 1 aromatic heterocycles. The summed E-state index contributed by atoms with van der Waals surface area (Å²) in [6.07, 6.45) is 6.69. The molecular weight excluding hydrogens is 408 g/mol. The Bertz CT molecular complexity index is 1090. The van der Waals surface area contributed by atoms with E-state index in [-0.39, 0.29) is 11.8 Å². The van der Waals surface area contributed by atoms with Crippen LogP contribution in [0.15, 0.2) is 48.5 Å². The molecule has 2 aromatic carbocycles. The number of benzene rings is 2. The largest absolute Gasteiger partial charge is 0.353 e. The fourth-order valence-corrected chi connectivity index (χ4v) is 5.51. The van der Waals surface area contributed by atoms with Crippen molar-refractivity contribution in [1.29, 1.82) is 0 Å². The van der Waals surface area contributed by atoms with E-state index >= 15 is 0 Å². The van der Waals surface area contributed by atoms with Crippen molar-refractivity contribution in [2.45, 2.75) is 65.0 Å². The zero-order valence-corrected chi connectivity index (χ0v) is 20.0. The number of piperidine rings is 1. The van der Waals surface area contributed by atoms with Crippen LogP contribution in [-0.4, -0.2) is 34.6 Å². The zero-order valence-electron chi connectivity index (χ0n) is 20.0. The summed E-state index contributed by atoms with van der Waals surface area (Å²) >= 11 is 0. The predicted octanol–water partition coefficient (Wildman–Crippen LogP) is 5.30. The van der Waals surface area contributed by atoms with E-state index in [9.17, 15) is 4.79 Å². The number of rotatable bonds is 5. The minimum atomic E-state index is 0.116. The molecule has 2 atom stereocenters. The number of imidazole rings is 1. The van der Waals surface area contributed by atoms with Crippen molar-refractivity contribution in [3.63, 3.8) is 0 Å².